The Labute approximate surface area is 102 Å². The van der Waals surface area contributed by atoms with E-state index in [1.54, 1.807) is 12.4 Å². The van der Waals surface area contributed by atoms with Crippen LogP contribution in [0.4, 0.5) is 5.69 Å². The predicted octanol–water partition coefficient (Wildman–Crippen LogP) is 2.49. The van der Waals surface area contributed by atoms with Crippen molar-refractivity contribution in [2.24, 2.45) is 5.92 Å². The van der Waals surface area contributed by atoms with Gasteiger partial charge in [-0.1, -0.05) is 11.6 Å². The Morgan fingerprint density at radius 2 is 2.25 bits per heavy atom. The summed E-state index contributed by atoms with van der Waals surface area (Å²) in [5.74, 6) is 0.757. The predicted molar refractivity (Wildman–Crippen MR) is 68.0 cm³/mol. The van der Waals surface area contributed by atoms with Crippen LogP contribution in [0.5, 0.6) is 0 Å². The monoisotopic (exact) mass is 239 g/mol. The Morgan fingerprint density at radius 3 is 2.94 bits per heavy atom. The summed E-state index contributed by atoms with van der Waals surface area (Å²) in [6, 6.07) is 1.82. The van der Waals surface area contributed by atoms with Crippen molar-refractivity contribution in [3.05, 3.63) is 23.5 Å². The average Bonchev–Trinajstić information content (AvgIpc) is 2.30. The molecule has 4 heteroatoms. The van der Waals surface area contributed by atoms with Crippen LogP contribution in [0, 0.1) is 5.92 Å². The van der Waals surface area contributed by atoms with Crippen molar-refractivity contribution < 1.29 is 0 Å². The first-order chi connectivity index (χ1) is 7.75. The van der Waals surface area contributed by atoms with Crippen molar-refractivity contribution in [2.45, 2.75) is 12.8 Å². The molecule has 0 spiro atoms. The van der Waals surface area contributed by atoms with Crippen LogP contribution in [-0.2, 0) is 0 Å². The third-order valence-electron chi connectivity index (χ3n) is 3.19. The minimum absolute atomic E-state index is 0.753. The van der Waals surface area contributed by atoms with Gasteiger partial charge in [0.1, 0.15) is 0 Å². The van der Waals surface area contributed by atoms with E-state index in [2.05, 4.69) is 22.2 Å². The summed E-state index contributed by atoms with van der Waals surface area (Å²) >= 11 is 6.05. The van der Waals surface area contributed by atoms with Crippen molar-refractivity contribution in [3.63, 3.8) is 0 Å². The number of nitrogens with one attached hydrogen (secondary N) is 1. The second-order valence-electron chi connectivity index (χ2n) is 4.48. The van der Waals surface area contributed by atoms with Crippen LogP contribution in [0.2, 0.25) is 5.02 Å². The zero-order valence-electron chi connectivity index (χ0n) is 9.62. The van der Waals surface area contributed by atoms with E-state index in [1.165, 1.54) is 25.9 Å². The fourth-order valence-corrected chi connectivity index (χ4v) is 2.20. The molecule has 0 unspecified atom stereocenters. The largest absolute Gasteiger partial charge is 0.382 e. The van der Waals surface area contributed by atoms with Gasteiger partial charge in [-0.3, -0.25) is 4.98 Å². The maximum absolute atomic E-state index is 6.05. The fraction of sp³-hybridized carbons (Fsp3) is 0.583. The fourth-order valence-electron chi connectivity index (χ4n) is 2.03. The van der Waals surface area contributed by atoms with Gasteiger partial charge < -0.3 is 10.2 Å². The SMILES string of the molecule is CN1CCC(CNc2cnccc2Cl)CC1. The van der Waals surface area contributed by atoms with Crippen LogP contribution in [-0.4, -0.2) is 36.6 Å². The van der Waals surface area contributed by atoms with Crippen molar-refractivity contribution >= 4 is 17.3 Å². The third kappa shape index (κ3) is 3.09. The Morgan fingerprint density at radius 1 is 1.50 bits per heavy atom. The highest BCUT2D eigenvalue weighted by atomic mass is 35.5. The summed E-state index contributed by atoms with van der Waals surface area (Å²) in [5, 5.41) is 4.14. The number of halogens is 1. The third-order valence-corrected chi connectivity index (χ3v) is 3.52. The van der Waals surface area contributed by atoms with Gasteiger partial charge in [0, 0.05) is 12.7 Å². The first-order valence-electron chi connectivity index (χ1n) is 5.77. The van der Waals surface area contributed by atoms with Gasteiger partial charge in [0.25, 0.3) is 0 Å². The van der Waals surface area contributed by atoms with E-state index in [4.69, 9.17) is 11.6 Å². The highest BCUT2D eigenvalue weighted by molar-refractivity contribution is 6.33. The van der Waals surface area contributed by atoms with E-state index >= 15 is 0 Å². The quantitative estimate of drug-likeness (QED) is 0.879. The van der Waals surface area contributed by atoms with Gasteiger partial charge in [0.2, 0.25) is 0 Å². The number of hydrogen-bond acceptors (Lipinski definition) is 3. The highest BCUT2D eigenvalue weighted by Crippen LogP contribution is 2.21. The van der Waals surface area contributed by atoms with Gasteiger partial charge >= 0.3 is 0 Å². The second-order valence-corrected chi connectivity index (χ2v) is 4.89. The van der Waals surface area contributed by atoms with Gasteiger partial charge in [-0.2, -0.15) is 0 Å². The van der Waals surface area contributed by atoms with Crippen molar-refractivity contribution in [2.75, 3.05) is 32.0 Å². The van der Waals surface area contributed by atoms with E-state index < -0.39 is 0 Å². The molecule has 0 radical (unpaired) electrons. The van der Waals surface area contributed by atoms with Crippen LogP contribution in [0.15, 0.2) is 18.5 Å². The first kappa shape index (κ1) is 11.7. The summed E-state index contributed by atoms with van der Waals surface area (Å²) in [5.41, 5.74) is 0.947. The van der Waals surface area contributed by atoms with E-state index in [0.29, 0.717) is 0 Å². The van der Waals surface area contributed by atoms with Gasteiger partial charge in [0.15, 0.2) is 0 Å². The zero-order chi connectivity index (χ0) is 11.4. The number of anilines is 1. The maximum Gasteiger partial charge on any atom is 0.0716 e. The van der Waals surface area contributed by atoms with E-state index in [1.807, 2.05) is 6.07 Å². The number of hydrogen-bond donors (Lipinski definition) is 1. The number of aromatic nitrogens is 1. The second kappa shape index (κ2) is 5.51. The molecule has 0 saturated carbocycles. The molecule has 1 aliphatic heterocycles. The van der Waals surface area contributed by atoms with Crippen molar-refractivity contribution in [1.29, 1.82) is 0 Å². The first-order valence-corrected chi connectivity index (χ1v) is 6.15. The summed E-state index contributed by atoms with van der Waals surface area (Å²) in [6.45, 7) is 3.40. The maximum atomic E-state index is 6.05. The van der Waals surface area contributed by atoms with E-state index in [-0.39, 0.29) is 0 Å². The lowest BCUT2D eigenvalue weighted by molar-refractivity contribution is 0.226. The number of nitrogens with zero attached hydrogens (tertiary/aromatic N) is 2. The summed E-state index contributed by atoms with van der Waals surface area (Å²) < 4.78 is 0. The number of likely N-dealkylation sites (tertiary alicyclic amines) is 1. The lowest BCUT2D eigenvalue weighted by atomic mass is 9.97. The van der Waals surface area contributed by atoms with Gasteiger partial charge in [-0.25, -0.2) is 0 Å². The molecule has 0 aromatic carbocycles. The molecule has 16 heavy (non-hydrogen) atoms. The van der Waals surface area contributed by atoms with Crippen molar-refractivity contribution in [1.82, 2.24) is 9.88 Å². The van der Waals surface area contributed by atoms with Crippen LogP contribution in [0.1, 0.15) is 12.8 Å². The molecular formula is C12H18ClN3. The number of pyridine rings is 1. The van der Waals surface area contributed by atoms with Gasteiger partial charge in [-0.15, -0.1) is 0 Å². The molecular weight excluding hydrogens is 222 g/mol. The number of piperidine rings is 1. The lowest BCUT2D eigenvalue weighted by Crippen LogP contribution is -2.32. The molecule has 0 bridgehead atoms. The van der Waals surface area contributed by atoms with Crippen LogP contribution < -0.4 is 5.32 Å². The molecule has 2 heterocycles. The van der Waals surface area contributed by atoms with Crippen LogP contribution >= 0.6 is 11.6 Å². The molecule has 2 rings (SSSR count). The standard InChI is InChI=1S/C12H18ClN3/c1-16-6-3-10(4-7-16)8-15-12-9-14-5-2-11(12)13/h2,5,9-10,15H,3-4,6-8H2,1H3. The molecule has 3 nitrogen and oxygen atoms in total. The molecule has 88 valence electrons. The summed E-state index contributed by atoms with van der Waals surface area (Å²) in [4.78, 5) is 6.45. The van der Waals surface area contributed by atoms with Crippen LogP contribution in [0.25, 0.3) is 0 Å². The topological polar surface area (TPSA) is 28.2 Å². The normalized spacial score (nSPS) is 18.6. The Bertz CT molecular complexity index is 335. The molecule has 0 aliphatic carbocycles. The Hall–Kier alpha value is -0.800. The van der Waals surface area contributed by atoms with Gasteiger partial charge in [0.05, 0.1) is 16.9 Å². The molecule has 0 atom stereocenters. The summed E-state index contributed by atoms with van der Waals surface area (Å²) in [7, 11) is 2.18. The van der Waals surface area contributed by atoms with Gasteiger partial charge in [-0.05, 0) is 45.0 Å². The molecule has 1 aliphatic rings. The molecule has 1 N–H and O–H groups in total. The lowest BCUT2D eigenvalue weighted by Gasteiger charge is -2.29. The number of rotatable bonds is 3. The van der Waals surface area contributed by atoms with E-state index in [9.17, 15) is 0 Å². The highest BCUT2D eigenvalue weighted by Gasteiger charge is 2.16. The molecule has 1 fully saturated rings. The average molecular weight is 240 g/mol. The summed E-state index contributed by atoms with van der Waals surface area (Å²) in [6.07, 6.45) is 6.03. The molecule has 1 aromatic rings. The Balaban J connectivity index is 1.81. The zero-order valence-corrected chi connectivity index (χ0v) is 10.4. The van der Waals surface area contributed by atoms with Crippen LogP contribution in [0.3, 0.4) is 0 Å². The minimum Gasteiger partial charge on any atom is -0.382 e. The van der Waals surface area contributed by atoms with E-state index in [0.717, 1.165) is 23.2 Å². The minimum atomic E-state index is 0.753. The smallest absolute Gasteiger partial charge is 0.0716 e. The molecule has 1 saturated heterocycles. The Kier molecular flexibility index (Phi) is 4.02. The molecule has 1 aromatic heterocycles. The molecule has 0 amide bonds. The van der Waals surface area contributed by atoms with Crippen molar-refractivity contribution in [3.8, 4) is 0 Å².